The Morgan fingerprint density at radius 1 is 1.06 bits per heavy atom. The summed E-state index contributed by atoms with van der Waals surface area (Å²) in [5.41, 5.74) is -1.20. The number of hydrogen-bond donors (Lipinski definition) is 3. The lowest BCUT2D eigenvalue weighted by Crippen LogP contribution is -2.63. The molecule has 0 heterocycles. The second kappa shape index (κ2) is 4.46. The zero-order chi connectivity index (χ0) is 13.7. The monoisotopic (exact) mass is 256 g/mol. The summed E-state index contributed by atoms with van der Waals surface area (Å²) >= 11 is 0. The van der Waals surface area contributed by atoms with E-state index in [9.17, 15) is 15.3 Å². The molecule has 0 bridgehead atoms. The van der Waals surface area contributed by atoms with Gasteiger partial charge in [0.25, 0.3) is 0 Å². The van der Waals surface area contributed by atoms with Gasteiger partial charge in [-0.05, 0) is 44.4 Å². The zero-order valence-electron chi connectivity index (χ0n) is 12.1. The Morgan fingerprint density at radius 3 is 2.22 bits per heavy atom. The molecule has 0 aromatic carbocycles. The highest BCUT2D eigenvalue weighted by molar-refractivity contribution is 5.08. The van der Waals surface area contributed by atoms with Gasteiger partial charge in [0.15, 0.2) is 0 Å². The molecule has 18 heavy (non-hydrogen) atoms. The number of aliphatic hydroxyl groups excluding tert-OH is 2. The lowest BCUT2D eigenvalue weighted by molar-refractivity contribution is -0.219. The summed E-state index contributed by atoms with van der Waals surface area (Å²) in [5, 5.41) is 31.6. The number of rotatable bonds is 1. The first-order valence-electron chi connectivity index (χ1n) is 7.28. The lowest BCUT2D eigenvalue weighted by Gasteiger charge is -2.58. The van der Waals surface area contributed by atoms with Crippen molar-refractivity contribution in [1.29, 1.82) is 0 Å². The maximum Gasteiger partial charge on any atom is 0.0679 e. The predicted octanol–water partition coefficient (Wildman–Crippen LogP) is 1.94. The summed E-state index contributed by atoms with van der Waals surface area (Å²) in [7, 11) is 0. The summed E-state index contributed by atoms with van der Waals surface area (Å²) in [5.74, 6) is 0.439. The minimum atomic E-state index is -0.860. The van der Waals surface area contributed by atoms with Gasteiger partial charge in [-0.3, -0.25) is 0 Å². The van der Waals surface area contributed by atoms with Crippen LogP contribution in [0.2, 0.25) is 0 Å². The molecule has 2 fully saturated rings. The topological polar surface area (TPSA) is 60.7 Å². The van der Waals surface area contributed by atoms with Crippen LogP contribution in [-0.2, 0) is 0 Å². The molecule has 106 valence electrons. The predicted molar refractivity (Wildman–Crippen MR) is 71.0 cm³/mol. The highest BCUT2D eigenvalue weighted by atomic mass is 16.3. The van der Waals surface area contributed by atoms with Crippen LogP contribution in [0.25, 0.3) is 0 Å². The minimum absolute atomic E-state index is 0.213. The van der Waals surface area contributed by atoms with Gasteiger partial charge in [0, 0.05) is 11.3 Å². The van der Waals surface area contributed by atoms with Gasteiger partial charge in [0.1, 0.15) is 0 Å². The highest BCUT2D eigenvalue weighted by Gasteiger charge is 2.59. The summed E-state index contributed by atoms with van der Waals surface area (Å²) in [4.78, 5) is 0. The maximum absolute atomic E-state index is 10.7. The average Bonchev–Trinajstić information content (AvgIpc) is 2.23. The van der Waals surface area contributed by atoms with E-state index in [-0.39, 0.29) is 17.3 Å². The first kappa shape index (κ1) is 14.3. The van der Waals surface area contributed by atoms with Gasteiger partial charge in [0.2, 0.25) is 0 Å². The molecule has 0 aromatic heterocycles. The van der Waals surface area contributed by atoms with Crippen LogP contribution < -0.4 is 0 Å². The summed E-state index contributed by atoms with van der Waals surface area (Å²) < 4.78 is 0. The third-order valence-electron chi connectivity index (χ3n) is 5.72. The van der Waals surface area contributed by atoms with Crippen molar-refractivity contribution in [2.45, 2.75) is 71.2 Å². The fraction of sp³-hybridized carbons (Fsp3) is 1.00. The van der Waals surface area contributed by atoms with E-state index in [1.807, 2.05) is 13.8 Å². The molecule has 0 aromatic rings. The van der Waals surface area contributed by atoms with Crippen molar-refractivity contribution in [2.24, 2.45) is 23.2 Å². The maximum atomic E-state index is 10.7. The van der Waals surface area contributed by atoms with Gasteiger partial charge in [-0.2, -0.15) is 0 Å². The van der Waals surface area contributed by atoms with E-state index >= 15 is 0 Å². The van der Waals surface area contributed by atoms with Gasteiger partial charge in [-0.1, -0.05) is 20.8 Å². The smallest absolute Gasteiger partial charge is 0.0679 e. The second-order valence-corrected chi connectivity index (χ2v) is 7.33. The molecule has 3 heteroatoms. The lowest BCUT2D eigenvalue weighted by atomic mass is 9.50. The molecule has 3 N–H and O–H groups in total. The van der Waals surface area contributed by atoms with E-state index in [0.29, 0.717) is 18.8 Å². The molecule has 6 atom stereocenters. The standard InChI is InChI=1S/C15H28O3/c1-9(2)10-5-7-14(3)11(16)6-8-15(4,18)13(14)12(10)17/h9-13,16-18H,5-8H2,1-4H3/t10-,11+,12-,13-,14-,15-/m0/s1. The molecule has 2 aliphatic rings. The van der Waals surface area contributed by atoms with Gasteiger partial charge in [-0.15, -0.1) is 0 Å². The zero-order valence-corrected chi connectivity index (χ0v) is 12.1. The van der Waals surface area contributed by atoms with Crippen molar-refractivity contribution in [2.75, 3.05) is 0 Å². The summed E-state index contributed by atoms with van der Waals surface area (Å²) in [6.45, 7) is 8.12. The molecular formula is C15H28O3. The van der Waals surface area contributed by atoms with Crippen LogP contribution in [0.1, 0.15) is 53.4 Å². The fourth-order valence-corrected chi connectivity index (χ4v) is 4.54. The molecule has 0 radical (unpaired) electrons. The average molecular weight is 256 g/mol. The molecule has 0 amide bonds. The van der Waals surface area contributed by atoms with E-state index in [4.69, 9.17) is 0 Å². The summed E-state index contributed by atoms with van der Waals surface area (Å²) in [6.07, 6.45) is 2.16. The van der Waals surface area contributed by atoms with Crippen molar-refractivity contribution in [3.05, 3.63) is 0 Å². The Labute approximate surface area is 110 Å². The van der Waals surface area contributed by atoms with E-state index in [1.165, 1.54) is 0 Å². The molecule has 0 unspecified atom stereocenters. The molecule has 2 aliphatic carbocycles. The third kappa shape index (κ3) is 2.00. The fourth-order valence-electron chi connectivity index (χ4n) is 4.54. The minimum Gasteiger partial charge on any atom is -0.393 e. The van der Waals surface area contributed by atoms with Crippen LogP contribution in [0.4, 0.5) is 0 Å². The van der Waals surface area contributed by atoms with Crippen molar-refractivity contribution in [3.8, 4) is 0 Å². The van der Waals surface area contributed by atoms with Crippen LogP contribution in [0.5, 0.6) is 0 Å². The van der Waals surface area contributed by atoms with E-state index in [1.54, 1.807) is 0 Å². The van der Waals surface area contributed by atoms with Crippen molar-refractivity contribution in [3.63, 3.8) is 0 Å². The van der Waals surface area contributed by atoms with Crippen molar-refractivity contribution in [1.82, 2.24) is 0 Å². The van der Waals surface area contributed by atoms with Crippen LogP contribution in [0.15, 0.2) is 0 Å². The van der Waals surface area contributed by atoms with Gasteiger partial charge < -0.3 is 15.3 Å². The molecule has 0 saturated heterocycles. The first-order chi connectivity index (χ1) is 8.20. The molecule has 2 rings (SSSR count). The van der Waals surface area contributed by atoms with Crippen molar-refractivity contribution >= 4 is 0 Å². The van der Waals surface area contributed by atoms with Crippen molar-refractivity contribution < 1.29 is 15.3 Å². The molecule has 0 spiro atoms. The Morgan fingerprint density at radius 2 is 1.67 bits per heavy atom. The Kier molecular flexibility index (Phi) is 3.54. The second-order valence-electron chi connectivity index (χ2n) is 7.33. The van der Waals surface area contributed by atoms with E-state index in [0.717, 1.165) is 12.8 Å². The normalized spacial score (nSPS) is 53.3. The van der Waals surface area contributed by atoms with E-state index < -0.39 is 17.8 Å². The van der Waals surface area contributed by atoms with Crippen LogP contribution >= 0.6 is 0 Å². The largest absolute Gasteiger partial charge is 0.393 e. The third-order valence-corrected chi connectivity index (χ3v) is 5.72. The Bertz CT molecular complexity index is 313. The van der Waals surface area contributed by atoms with Gasteiger partial charge >= 0.3 is 0 Å². The highest BCUT2D eigenvalue weighted by Crippen LogP contribution is 2.56. The van der Waals surface area contributed by atoms with Crippen LogP contribution in [0.3, 0.4) is 0 Å². The van der Waals surface area contributed by atoms with Gasteiger partial charge in [0.05, 0.1) is 17.8 Å². The quantitative estimate of drug-likeness (QED) is 0.672. The van der Waals surface area contributed by atoms with Crippen LogP contribution in [-0.4, -0.2) is 33.1 Å². The Balaban J connectivity index is 2.35. The van der Waals surface area contributed by atoms with E-state index in [2.05, 4.69) is 13.8 Å². The number of fused-ring (bicyclic) bond motifs is 1. The number of hydrogen-bond acceptors (Lipinski definition) is 3. The molecular weight excluding hydrogens is 228 g/mol. The Hall–Kier alpha value is -0.120. The molecule has 2 saturated carbocycles. The SMILES string of the molecule is CC(C)[C@@H]1CC[C@@]2(C)[C@H](O)CC[C@](C)(O)[C@H]2[C@H]1O. The van der Waals surface area contributed by atoms with Crippen LogP contribution in [0, 0.1) is 23.2 Å². The first-order valence-corrected chi connectivity index (χ1v) is 7.28. The van der Waals surface area contributed by atoms with Gasteiger partial charge in [-0.25, -0.2) is 0 Å². The molecule has 3 nitrogen and oxygen atoms in total. The molecule has 0 aliphatic heterocycles. The number of aliphatic hydroxyl groups is 3. The summed E-state index contributed by atoms with van der Waals surface area (Å²) in [6, 6.07) is 0.